The number of aromatic nitrogens is 2. The van der Waals surface area contributed by atoms with Gasteiger partial charge < -0.3 is 15.0 Å². The summed E-state index contributed by atoms with van der Waals surface area (Å²) in [7, 11) is 0. The number of likely N-dealkylation sites (tertiary alicyclic amines) is 1. The maximum atomic E-state index is 12.1. The van der Waals surface area contributed by atoms with Gasteiger partial charge in [0.1, 0.15) is 0 Å². The molecule has 2 aromatic rings. The molecule has 1 atom stereocenters. The van der Waals surface area contributed by atoms with Crippen molar-refractivity contribution in [2.45, 2.75) is 38.3 Å². The zero-order valence-corrected chi connectivity index (χ0v) is 15.1. The molecule has 0 aliphatic carbocycles. The maximum absolute atomic E-state index is 12.1. The van der Waals surface area contributed by atoms with Crippen molar-refractivity contribution in [3.8, 4) is 0 Å². The minimum Gasteiger partial charge on any atom is -0.376 e. The van der Waals surface area contributed by atoms with Crippen molar-refractivity contribution in [2.24, 2.45) is 0 Å². The lowest BCUT2D eigenvalue weighted by Crippen LogP contribution is -2.41. The monoisotopic (exact) mass is 352 g/mol. The molecular formula is C20H24N4O2. The number of anilines is 1. The van der Waals surface area contributed by atoms with Crippen LogP contribution in [0.1, 0.15) is 36.6 Å². The Balaban J connectivity index is 1.56. The van der Waals surface area contributed by atoms with Gasteiger partial charge in [0.05, 0.1) is 24.3 Å². The third kappa shape index (κ3) is 3.17. The van der Waals surface area contributed by atoms with Crippen LogP contribution in [-0.2, 0) is 28.1 Å². The highest BCUT2D eigenvalue weighted by Crippen LogP contribution is 2.39. The number of rotatable bonds is 4. The smallest absolute Gasteiger partial charge is 0.223 e. The lowest BCUT2D eigenvalue weighted by atomic mass is 9.80. The first kappa shape index (κ1) is 17.0. The summed E-state index contributed by atoms with van der Waals surface area (Å²) in [5.41, 5.74) is 3.06. The fourth-order valence-electron chi connectivity index (χ4n) is 3.88. The Bertz CT molecular complexity index is 796. The number of amides is 1. The van der Waals surface area contributed by atoms with Crippen LogP contribution in [0.4, 0.5) is 5.95 Å². The molecule has 0 saturated carbocycles. The maximum Gasteiger partial charge on any atom is 0.223 e. The fraction of sp³-hybridized carbons (Fsp3) is 0.450. The van der Waals surface area contributed by atoms with Crippen molar-refractivity contribution in [2.75, 3.05) is 25.0 Å². The summed E-state index contributed by atoms with van der Waals surface area (Å²) in [5, 5.41) is 3.32. The highest BCUT2D eigenvalue weighted by atomic mass is 16.5. The first-order valence-corrected chi connectivity index (χ1v) is 9.20. The van der Waals surface area contributed by atoms with Crippen molar-refractivity contribution in [1.82, 2.24) is 14.9 Å². The summed E-state index contributed by atoms with van der Waals surface area (Å²) in [4.78, 5) is 23.4. The summed E-state index contributed by atoms with van der Waals surface area (Å²) in [6, 6.07) is 10.2. The summed E-state index contributed by atoms with van der Waals surface area (Å²) < 4.78 is 5.83. The molecule has 2 aliphatic heterocycles. The Labute approximate surface area is 153 Å². The topological polar surface area (TPSA) is 67.4 Å². The van der Waals surface area contributed by atoms with Crippen LogP contribution < -0.4 is 5.32 Å². The number of benzene rings is 1. The molecule has 0 radical (unpaired) electrons. The molecule has 0 bridgehead atoms. The van der Waals surface area contributed by atoms with Gasteiger partial charge in [0.2, 0.25) is 11.9 Å². The van der Waals surface area contributed by atoms with E-state index < -0.39 is 0 Å². The van der Waals surface area contributed by atoms with E-state index in [0.29, 0.717) is 38.7 Å². The molecule has 26 heavy (non-hydrogen) atoms. The van der Waals surface area contributed by atoms with Crippen LogP contribution in [0.5, 0.6) is 0 Å². The number of hydrogen-bond acceptors (Lipinski definition) is 5. The zero-order valence-electron chi connectivity index (χ0n) is 15.1. The van der Waals surface area contributed by atoms with Gasteiger partial charge in [0.25, 0.3) is 0 Å². The van der Waals surface area contributed by atoms with Gasteiger partial charge in [-0.2, -0.15) is 0 Å². The average molecular weight is 352 g/mol. The van der Waals surface area contributed by atoms with Gasteiger partial charge >= 0.3 is 0 Å². The summed E-state index contributed by atoms with van der Waals surface area (Å²) in [5.74, 6) is 0.833. The van der Waals surface area contributed by atoms with E-state index in [9.17, 15) is 4.79 Å². The lowest BCUT2D eigenvalue weighted by molar-refractivity contribution is -0.130. The largest absolute Gasteiger partial charge is 0.376 e. The molecule has 1 fully saturated rings. The molecule has 4 rings (SSSR count). The standard InChI is InChI=1S/C20H24N4O2/c1-2-17(25)24-9-8-20(13-24)14-26-12-16-11-22-19(23-18(16)20)21-10-15-6-4-3-5-7-15/h3-7,11H,2,8-10,12-14H2,1H3,(H,21,22,23)/t20-/m0/s1. The van der Waals surface area contributed by atoms with Crippen molar-refractivity contribution in [3.05, 3.63) is 53.3 Å². The van der Waals surface area contributed by atoms with E-state index in [1.165, 1.54) is 5.56 Å². The summed E-state index contributed by atoms with van der Waals surface area (Å²) in [6.07, 6.45) is 3.29. The number of nitrogens with zero attached hydrogens (tertiary/aromatic N) is 3. The van der Waals surface area contributed by atoms with E-state index in [0.717, 1.165) is 24.2 Å². The molecule has 136 valence electrons. The summed E-state index contributed by atoms with van der Waals surface area (Å²) in [6.45, 7) is 5.20. The molecule has 1 N–H and O–H groups in total. The second-order valence-electron chi connectivity index (χ2n) is 7.10. The Kier molecular flexibility index (Phi) is 4.59. The molecule has 2 aliphatic rings. The van der Waals surface area contributed by atoms with Crippen LogP contribution in [0.2, 0.25) is 0 Å². The van der Waals surface area contributed by atoms with Crippen LogP contribution >= 0.6 is 0 Å². The number of nitrogens with one attached hydrogen (secondary N) is 1. The van der Waals surface area contributed by atoms with Crippen molar-refractivity contribution in [1.29, 1.82) is 0 Å². The number of carbonyl (C=O) groups is 1. The third-order valence-electron chi connectivity index (χ3n) is 5.31. The van der Waals surface area contributed by atoms with Gasteiger partial charge in [-0.25, -0.2) is 9.97 Å². The highest BCUT2D eigenvalue weighted by molar-refractivity contribution is 5.76. The molecule has 1 aromatic carbocycles. The van der Waals surface area contributed by atoms with Gasteiger partial charge in [-0.15, -0.1) is 0 Å². The normalized spacial score (nSPS) is 21.7. The quantitative estimate of drug-likeness (QED) is 0.916. The molecule has 1 aromatic heterocycles. The highest BCUT2D eigenvalue weighted by Gasteiger charge is 2.45. The average Bonchev–Trinajstić information content (AvgIpc) is 3.12. The van der Waals surface area contributed by atoms with E-state index in [1.54, 1.807) is 0 Å². The first-order valence-electron chi connectivity index (χ1n) is 9.20. The van der Waals surface area contributed by atoms with E-state index >= 15 is 0 Å². The third-order valence-corrected chi connectivity index (χ3v) is 5.31. The van der Waals surface area contributed by atoms with Gasteiger partial charge in [-0.3, -0.25) is 4.79 Å². The van der Waals surface area contributed by atoms with Crippen molar-refractivity contribution >= 4 is 11.9 Å². The second kappa shape index (κ2) is 7.03. The van der Waals surface area contributed by atoms with Crippen LogP contribution in [-0.4, -0.2) is 40.5 Å². The van der Waals surface area contributed by atoms with Crippen LogP contribution in [0.3, 0.4) is 0 Å². The van der Waals surface area contributed by atoms with Crippen LogP contribution in [0.25, 0.3) is 0 Å². The molecular weight excluding hydrogens is 328 g/mol. The van der Waals surface area contributed by atoms with Gasteiger partial charge in [-0.05, 0) is 12.0 Å². The number of hydrogen-bond donors (Lipinski definition) is 1. The molecule has 1 amide bonds. The van der Waals surface area contributed by atoms with E-state index in [-0.39, 0.29) is 11.3 Å². The Morgan fingerprint density at radius 2 is 2.19 bits per heavy atom. The Morgan fingerprint density at radius 1 is 1.35 bits per heavy atom. The summed E-state index contributed by atoms with van der Waals surface area (Å²) >= 11 is 0. The molecule has 1 spiro atoms. The Hall–Kier alpha value is -2.47. The Morgan fingerprint density at radius 3 is 3.00 bits per heavy atom. The molecule has 0 unspecified atom stereocenters. The molecule has 6 heteroatoms. The van der Waals surface area contributed by atoms with Gasteiger partial charge in [0, 0.05) is 37.8 Å². The molecule has 1 saturated heterocycles. The second-order valence-corrected chi connectivity index (χ2v) is 7.10. The minimum absolute atomic E-state index is 0.200. The van der Waals surface area contributed by atoms with Crippen molar-refractivity contribution < 1.29 is 9.53 Å². The lowest BCUT2D eigenvalue weighted by Gasteiger charge is -2.34. The number of fused-ring (bicyclic) bond motifs is 2. The van der Waals surface area contributed by atoms with E-state index in [4.69, 9.17) is 9.72 Å². The fourth-order valence-corrected chi connectivity index (χ4v) is 3.88. The number of ether oxygens (including phenoxy) is 1. The molecule has 3 heterocycles. The predicted molar refractivity (Wildman–Crippen MR) is 98.6 cm³/mol. The van der Waals surface area contributed by atoms with Gasteiger partial charge in [0.15, 0.2) is 0 Å². The minimum atomic E-state index is -0.204. The zero-order chi connectivity index (χ0) is 18.0. The first-order chi connectivity index (χ1) is 12.7. The van der Waals surface area contributed by atoms with Crippen molar-refractivity contribution in [3.63, 3.8) is 0 Å². The van der Waals surface area contributed by atoms with Crippen LogP contribution in [0, 0.1) is 0 Å². The molecule has 6 nitrogen and oxygen atoms in total. The van der Waals surface area contributed by atoms with E-state index in [1.807, 2.05) is 36.2 Å². The predicted octanol–water partition coefficient (Wildman–Crippen LogP) is 2.50. The van der Waals surface area contributed by atoms with Gasteiger partial charge in [-0.1, -0.05) is 37.3 Å². The SMILES string of the molecule is CCC(=O)N1CC[C@@]2(COCc3cnc(NCc4ccccc4)nc32)C1. The number of carbonyl (C=O) groups excluding carboxylic acids is 1. The van der Waals surface area contributed by atoms with Crippen LogP contribution in [0.15, 0.2) is 36.5 Å². The van der Waals surface area contributed by atoms with E-state index in [2.05, 4.69) is 22.4 Å².